The molecule has 0 spiro atoms. The lowest BCUT2D eigenvalue weighted by Gasteiger charge is -2.01. The van der Waals surface area contributed by atoms with Crippen molar-refractivity contribution >= 4 is 51.0 Å². The molecule has 0 aliphatic heterocycles. The molecular formula is C17H13N3O3S. The number of nitro benzene ring substituents is 1. The first kappa shape index (κ1) is 15.8. The van der Waals surface area contributed by atoms with E-state index in [4.69, 9.17) is 0 Å². The number of hydrogen-bond donors (Lipinski definition) is 1. The standard InChI is InChI=1S/C17H13N3O3S/c1-11(21)18-13-5-2-12(3-6-13)4-9-17-19-15-8-7-14(20(22)23)10-16(15)24-17/h2-10H,1H3,(H,18,21). The van der Waals surface area contributed by atoms with Gasteiger partial charge in [0.15, 0.2) is 0 Å². The van der Waals surface area contributed by atoms with Crippen molar-refractivity contribution in [2.24, 2.45) is 0 Å². The van der Waals surface area contributed by atoms with Crippen molar-refractivity contribution < 1.29 is 9.72 Å². The van der Waals surface area contributed by atoms with E-state index < -0.39 is 4.92 Å². The molecule has 120 valence electrons. The van der Waals surface area contributed by atoms with Crippen LogP contribution in [0, 0.1) is 10.1 Å². The number of non-ortho nitro benzene ring substituents is 1. The van der Waals surface area contributed by atoms with Crippen molar-refractivity contribution in [2.45, 2.75) is 6.92 Å². The molecule has 2 aromatic carbocycles. The highest BCUT2D eigenvalue weighted by Crippen LogP contribution is 2.27. The van der Waals surface area contributed by atoms with Gasteiger partial charge in [0.05, 0.1) is 15.1 Å². The fourth-order valence-electron chi connectivity index (χ4n) is 2.16. The van der Waals surface area contributed by atoms with Crippen LogP contribution in [0.25, 0.3) is 22.4 Å². The number of benzene rings is 2. The van der Waals surface area contributed by atoms with E-state index in [2.05, 4.69) is 10.3 Å². The van der Waals surface area contributed by atoms with Crippen LogP contribution in [0.15, 0.2) is 42.5 Å². The number of anilines is 1. The third kappa shape index (κ3) is 3.64. The zero-order valence-corrected chi connectivity index (χ0v) is 13.5. The summed E-state index contributed by atoms with van der Waals surface area (Å²) in [5.74, 6) is -0.109. The summed E-state index contributed by atoms with van der Waals surface area (Å²) in [6.07, 6.45) is 3.77. The molecule has 0 atom stereocenters. The second kappa shape index (κ2) is 6.59. The van der Waals surface area contributed by atoms with Gasteiger partial charge in [-0.2, -0.15) is 0 Å². The first-order chi connectivity index (χ1) is 11.5. The van der Waals surface area contributed by atoms with Crippen LogP contribution >= 0.6 is 11.3 Å². The van der Waals surface area contributed by atoms with Crippen LogP contribution in [0.1, 0.15) is 17.5 Å². The first-order valence-corrected chi connectivity index (χ1v) is 7.93. The zero-order valence-electron chi connectivity index (χ0n) is 12.7. The molecule has 3 rings (SSSR count). The highest BCUT2D eigenvalue weighted by molar-refractivity contribution is 7.19. The SMILES string of the molecule is CC(=O)Nc1ccc(C=Cc2nc3ccc([N+](=O)[O-])cc3s2)cc1. The van der Waals surface area contributed by atoms with Gasteiger partial charge in [-0.1, -0.05) is 18.2 Å². The Morgan fingerprint density at radius 1 is 1.21 bits per heavy atom. The van der Waals surface area contributed by atoms with Crippen LogP contribution in [-0.2, 0) is 4.79 Å². The minimum atomic E-state index is -0.411. The average molecular weight is 339 g/mol. The molecule has 0 aliphatic carbocycles. The molecule has 6 nitrogen and oxygen atoms in total. The van der Waals surface area contributed by atoms with Gasteiger partial charge in [0.2, 0.25) is 5.91 Å². The van der Waals surface area contributed by atoms with E-state index in [1.807, 2.05) is 36.4 Å². The van der Waals surface area contributed by atoms with Crippen LogP contribution in [-0.4, -0.2) is 15.8 Å². The predicted molar refractivity (Wildman–Crippen MR) is 95.9 cm³/mol. The minimum absolute atomic E-state index is 0.0650. The summed E-state index contributed by atoms with van der Waals surface area (Å²) in [7, 11) is 0. The summed E-state index contributed by atoms with van der Waals surface area (Å²) >= 11 is 1.40. The number of rotatable bonds is 4. The molecule has 1 heterocycles. The van der Waals surface area contributed by atoms with Crippen LogP contribution < -0.4 is 5.32 Å². The van der Waals surface area contributed by atoms with Gasteiger partial charge in [0, 0.05) is 24.7 Å². The quantitative estimate of drug-likeness (QED) is 0.566. The Morgan fingerprint density at radius 2 is 1.96 bits per heavy atom. The van der Waals surface area contributed by atoms with Crippen molar-refractivity contribution in [2.75, 3.05) is 5.32 Å². The van der Waals surface area contributed by atoms with Gasteiger partial charge in [0.25, 0.3) is 5.69 Å². The van der Waals surface area contributed by atoms with Crippen molar-refractivity contribution in [1.82, 2.24) is 4.98 Å². The Hall–Kier alpha value is -3.06. The number of amides is 1. The van der Waals surface area contributed by atoms with E-state index in [1.165, 1.54) is 30.4 Å². The number of hydrogen-bond acceptors (Lipinski definition) is 5. The largest absolute Gasteiger partial charge is 0.326 e. The lowest BCUT2D eigenvalue weighted by atomic mass is 10.2. The Kier molecular flexibility index (Phi) is 4.35. The molecule has 0 bridgehead atoms. The molecule has 1 N–H and O–H groups in total. The number of carbonyl (C=O) groups is 1. The van der Waals surface area contributed by atoms with Crippen molar-refractivity contribution in [3.63, 3.8) is 0 Å². The van der Waals surface area contributed by atoms with E-state index in [-0.39, 0.29) is 11.6 Å². The van der Waals surface area contributed by atoms with E-state index >= 15 is 0 Å². The zero-order chi connectivity index (χ0) is 17.1. The lowest BCUT2D eigenvalue weighted by molar-refractivity contribution is -0.384. The third-order valence-electron chi connectivity index (χ3n) is 3.25. The normalized spacial score (nSPS) is 11.0. The fraction of sp³-hybridized carbons (Fsp3) is 0.0588. The van der Waals surface area contributed by atoms with Gasteiger partial charge in [-0.25, -0.2) is 4.98 Å². The van der Waals surface area contributed by atoms with Crippen LogP contribution in [0.5, 0.6) is 0 Å². The maximum atomic E-state index is 11.0. The maximum Gasteiger partial charge on any atom is 0.270 e. The molecule has 1 aromatic heterocycles. The Balaban J connectivity index is 1.79. The molecule has 3 aromatic rings. The van der Waals surface area contributed by atoms with Gasteiger partial charge < -0.3 is 5.32 Å². The first-order valence-electron chi connectivity index (χ1n) is 7.12. The van der Waals surface area contributed by atoms with E-state index in [0.29, 0.717) is 0 Å². The molecule has 1 amide bonds. The number of carbonyl (C=O) groups excluding carboxylic acids is 1. The molecule has 0 radical (unpaired) electrons. The second-order valence-corrected chi connectivity index (χ2v) is 6.16. The third-order valence-corrected chi connectivity index (χ3v) is 4.23. The van der Waals surface area contributed by atoms with Crippen LogP contribution in [0.3, 0.4) is 0 Å². The molecule has 0 unspecified atom stereocenters. The van der Waals surface area contributed by atoms with E-state index in [0.717, 1.165) is 26.5 Å². The molecule has 24 heavy (non-hydrogen) atoms. The second-order valence-electron chi connectivity index (χ2n) is 5.10. The molecule has 0 saturated carbocycles. The number of nitrogens with zero attached hydrogens (tertiary/aromatic N) is 2. The van der Waals surface area contributed by atoms with Gasteiger partial charge in [0.1, 0.15) is 5.01 Å². The smallest absolute Gasteiger partial charge is 0.270 e. The van der Waals surface area contributed by atoms with Crippen molar-refractivity contribution in [3.8, 4) is 0 Å². The summed E-state index contributed by atoms with van der Waals surface area (Å²) in [5, 5.41) is 14.3. The molecule has 0 fully saturated rings. The summed E-state index contributed by atoms with van der Waals surface area (Å²) in [6.45, 7) is 1.46. The number of nitrogens with one attached hydrogen (secondary N) is 1. The van der Waals surface area contributed by atoms with Gasteiger partial charge in [-0.3, -0.25) is 14.9 Å². The van der Waals surface area contributed by atoms with E-state index in [9.17, 15) is 14.9 Å². The lowest BCUT2D eigenvalue weighted by Crippen LogP contribution is -2.05. The Bertz CT molecular complexity index is 945. The number of fused-ring (bicyclic) bond motifs is 1. The van der Waals surface area contributed by atoms with Crippen molar-refractivity contribution in [1.29, 1.82) is 0 Å². The number of thiazole rings is 1. The summed E-state index contributed by atoms with van der Waals surface area (Å²) < 4.78 is 0.782. The summed E-state index contributed by atoms with van der Waals surface area (Å²) in [4.78, 5) is 25.8. The van der Waals surface area contributed by atoms with Gasteiger partial charge in [-0.05, 0) is 29.8 Å². The predicted octanol–water partition coefficient (Wildman–Crippen LogP) is 4.33. The molecular weight excluding hydrogens is 326 g/mol. The molecule has 7 heteroatoms. The Labute approximate surface area is 141 Å². The molecule has 0 saturated heterocycles. The average Bonchev–Trinajstić information content (AvgIpc) is 2.95. The topological polar surface area (TPSA) is 85.1 Å². The number of aromatic nitrogens is 1. The minimum Gasteiger partial charge on any atom is -0.326 e. The maximum absolute atomic E-state index is 11.0. The summed E-state index contributed by atoms with van der Waals surface area (Å²) in [6, 6.07) is 12.1. The van der Waals surface area contributed by atoms with Gasteiger partial charge >= 0.3 is 0 Å². The van der Waals surface area contributed by atoms with Crippen LogP contribution in [0.4, 0.5) is 11.4 Å². The van der Waals surface area contributed by atoms with E-state index in [1.54, 1.807) is 6.07 Å². The highest BCUT2D eigenvalue weighted by Gasteiger charge is 2.09. The van der Waals surface area contributed by atoms with Crippen molar-refractivity contribution in [3.05, 3.63) is 63.1 Å². The van der Waals surface area contributed by atoms with Crippen LogP contribution in [0.2, 0.25) is 0 Å². The Morgan fingerprint density at radius 3 is 2.62 bits per heavy atom. The number of nitro groups is 1. The van der Waals surface area contributed by atoms with Gasteiger partial charge in [-0.15, -0.1) is 11.3 Å². The summed E-state index contributed by atoms with van der Waals surface area (Å²) in [5.41, 5.74) is 2.52. The highest BCUT2D eigenvalue weighted by atomic mass is 32.1. The fourth-order valence-corrected chi connectivity index (χ4v) is 3.07. The molecule has 0 aliphatic rings. The monoisotopic (exact) mass is 339 g/mol.